The molecule has 0 fully saturated rings. The molecule has 0 spiro atoms. The third kappa shape index (κ3) is 5.02. The summed E-state index contributed by atoms with van der Waals surface area (Å²) in [7, 11) is 2.06. The average molecular weight is 347 g/mol. The maximum absolute atomic E-state index is 4.58. The molecule has 0 aliphatic rings. The van der Waals surface area contributed by atoms with Gasteiger partial charge < -0.3 is 10.2 Å². The van der Waals surface area contributed by atoms with Crippen LogP contribution in [0, 0.1) is 13.8 Å². The molecule has 0 unspecified atom stereocenters. The Morgan fingerprint density at radius 2 is 1.65 bits per heavy atom. The quantitative estimate of drug-likeness (QED) is 0.705. The van der Waals surface area contributed by atoms with E-state index in [2.05, 4.69) is 63.4 Å². The van der Waals surface area contributed by atoms with E-state index in [9.17, 15) is 0 Å². The van der Waals surface area contributed by atoms with Crippen LogP contribution >= 0.6 is 0 Å². The van der Waals surface area contributed by atoms with Gasteiger partial charge in [-0.1, -0.05) is 29.8 Å². The topological polar surface area (TPSA) is 53.9 Å². The van der Waals surface area contributed by atoms with Crippen molar-refractivity contribution in [3.63, 3.8) is 0 Å². The molecule has 3 aromatic rings. The Labute approximate surface area is 155 Å². The molecular formula is C21H25N5. The molecule has 2 heterocycles. The number of hydrogen-bond donors (Lipinski definition) is 1. The molecule has 5 heteroatoms. The highest BCUT2D eigenvalue weighted by Crippen LogP contribution is 2.16. The molecule has 0 amide bonds. The van der Waals surface area contributed by atoms with Gasteiger partial charge in [-0.15, -0.1) is 0 Å². The molecule has 0 aliphatic heterocycles. The van der Waals surface area contributed by atoms with Gasteiger partial charge in [0, 0.05) is 38.6 Å². The second-order valence-electron chi connectivity index (χ2n) is 6.52. The van der Waals surface area contributed by atoms with E-state index >= 15 is 0 Å². The highest BCUT2D eigenvalue weighted by Gasteiger charge is 2.07. The van der Waals surface area contributed by atoms with E-state index in [-0.39, 0.29) is 0 Å². The fraction of sp³-hybridized carbons (Fsp3) is 0.286. The van der Waals surface area contributed by atoms with Gasteiger partial charge in [0.15, 0.2) is 0 Å². The van der Waals surface area contributed by atoms with Crippen LogP contribution in [0.15, 0.2) is 54.9 Å². The van der Waals surface area contributed by atoms with Crippen molar-refractivity contribution in [3.8, 4) is 0 Å². The van der Waals surface area contributed by atoms with Gasteiger partial charge in [-0.25, -0.2) is 9.97 Å². The summed E-state index contributed by atoms with van der Waals surface area (Å²) < 4.78 is 0. The molecule has 0 bridgehead atoms. The molecular weight excluding hydrogens is 322 g/mol. The van der Waals surface area contributed by atoms with E-state index in [1.54, 1.807) is 0 Å². The lowest BCUT2D eigenvalue weighted by Crippen LogP contribution is -2.22. The van der Waals surface area contributed by atoms with Crippen LogP contribution in [0.1, 0.15) is 22.5 Å². The van der Waals surface area contributed by atoms with E-state index in [0.29, 0.717) is 0 Å². The van der Waals surface area contributed by atoms with Crippen LogP contribution in [0.4, 0.5) is 11.6 Å². The summed E-state index contributed by atoms with van der Waals surface area (Å²) in [6.07, 6.45) is 4.61. The van der Waals surface area contributed by atoms with Crippen LogP contribution in [0.3, 0.4) is 0 Å². The maximum atomic E-state index is 4.58. The summed E-state index contributed by atoms with van der Waals surface area (Å²) in [6, 6.07) is 14.6. The van der Waals surface area contributed by atoms with Crippen LogP contribution in [0.5, 0.6) is 0 Å². The van der Waals surface area contributed by atoms with Gasteiger partial charge in [-0.2, -0.15) is 0 Å². The van der Waals surface area contributed by atoms with Gasteiger partial charge in [0.25, 0.3) is 0 Å². The zero-order valence-corrected chi connectivity index (χ0v) is 15.6. The molecule has 26 heavy (non-hydrogen) atoms. The Kier molecular flexibility index (Phi) is 5.79. The molecule has 0 saturated heterocycles. The number of benzene rings is 1. The molecule has 1 aromatic carbocycles. The number of likely N-dealkylation sites (N-methyl/N-ethyl adjacent to an activating group) is 1. The Balaban J connectivity index is 1.63. The first-order valence-corrected chi connectivity index (χ1v) is 8.85. The normalized spacial score (nSPS) is 10.6. The zero-order valence-electron chi connectivity index (χ0n) is 15.6. The van der Waals surface area contributed by atoms with Crippen molar-refractivity contribution in [1.82, 2.24) is 15.0 Å². The van der Waals surface area contributed by atoms with E-state index in [4.69, 9.17) is 0 Å². The fourth-order valence-electron chi connectivity index (χ4n) is 2.70. The number of hydrogen-bond acceptors (Lipinski definition) is 5. The highest BCUT2D eigenvalue weighted by molar-refractivity contribution is 5.49. The Morgan fingerprint density at radius 3 is 2.38 bits per heavy atom. The summed E-state index contributed by atoms with van der Waals surface area (Å²) in [5.41, 5.74) is 3.78. The number of nitrogens with one attached hydrogen (secondary N) is 1. The van der Waals surface area contributed by atoms with Crippen LogP contribution in [0.2, 0.25) is 0 Å². The van der Waals surface area contributed by atoms with Gasteiger partial charge >= 0.3 is 0 Å². The van der Waals surface area contributed by atoms with E-state index < -0.39 is 0 Å². The summed E-state index contributed by atoms with van der Waals surface area (Å²) in [6.45, 7) is 5.66. The standard InChI is InChI=1S/C21H25N5/c1-16-4-6-19(7-5-16)15-23-20-14-21(25-17(2)24-20)26(3)13-10-18-8-11-22-12-9-18/h4-9,11-12,14H,10,13,15H2,1-3H3,(H,23,24,25). The van der Waals surface area contributed by atoms with Gasteiger partial charge in [0.2, 0.25) is 0 Å². The molecule has 0 saturated carbocycles. The highest BCUT2D eigenvalue weighted by atomic mass is 15.2. The molecule has 0 atom stereocenters. The minimum Gasteiger partial charge on any atom is -0.366 e. The SMILES string of the molecule is Cc1ccc(CNc2cc(N(C)CCc3ccncc3)nc(C)n2)cc1. The first kappa shape index (κ1) is 17.9. The molecule has 3 rings (SSSR count). The van der Waals surface area contributed by atoms with Gasteiger partial charge in [0.05, 0.1) is 0 Å². The van der Waals surface area contributed by atoms with Crippen LogP contribution < -0.4 is 10.2 Å². The lowest BCUT2D eigenvalue weighted by molar-refractivity contribution is 0.847. The minimum absolute atomic E-state index is 0.747. The Morgan fingerprint density at radius 1 is 0.923 bits per heavy atom. The van der Waals surface area contributed by atoms with Crippen LogP contribution in [-0.2, 0) is 13.0 Å². The molecule has 0 aliphatic carbocycles. The zero-order chi connectivity index (χ0) is 18.4. The summed E-state index contributed by atoms with van der Waals surface area (Å²) in [4.78, 5) is 15.3. The van der Waals surface area contributed by atoms with Crippen molar-refractivity contribution < 1.29 is 0 Å². The molecule has 0 radical (unpaired) electrons. The van der Waals surface area contributed by atoms with E-state index in [1.165, 1.54) is 16.7 Å². The number of anilines is 2. The molecule has 2 aromatic heterocycles. The molecule has 1 N–H and O–H groups in total. The largest absolute Gasteiger partial charge is 0.366 e. The van der Waals surface area contributed by atoms with E-state index in [0.717, 1.165) is 37.0 Å². The summed E-state index contributed by atoms with van der Waals surface area (Å²) in [5.74, 6) is 2.55. The van der Waals surface area contributed by atoms with Crippen molar-refractivity contribution in [1.29, 1.82) is 0 Å². The van der Waals surface area contributed by atoms with E-state index in [1.807, 2.05) is 37.5 Å². The predicted octanol–water partition coefficient (Wildman–Crippen LogP) is 3.78. The Bertz CT molecular complexity index is 831. The maximum Gasteiger partial charge on any atom is 0.134 e. The monoisotopic (exact) mass is 347 g/mol. The Hall–Kier alpha value is -2.95. The fourth-order valence-corrected chi connectivity index (χ4v) is 2.70. The second kappa shape index (κ2) is 8.43. The van der Waals surface area contributed by atoms with Gasteiger partial charge in [-0.3, -0.25) is 4.98 Å². The lowest BCUT2D eigenvalue weighted by Gasteiger charge is -2.19. The molecule has 134 valence electrons. The smallest absolute Gasteiger partial charge is 0.134 e. The summed E-state index contributed by atoms with van der Waals surface area (Å²) in [5, 5.41) is 3.40. The number of rotatable bonds is 7. The number of pyridine rings is 1. The third-order valence-electron chi connectivity index (χ3n) is 4.30. The van der Waals surface area contributed by atoms with Gasteiger partial charge in [-0.05, 0) is 43.5 Å². The molecule has 5 nitrogen and oxygen atoms in total. The first-order chi connectivity index (χ1) is 12.6. The number of aryl methyl sites for hydroxylation is 2. The number of nitrogens with zero attached hydrogens (tertiary/aromatic N) is 4. The lowest BCUT2D eigenvalue weighted by atomic mass is 10.1. The average Bonchev–Trinajstić information content (AvgIpc) is 2.66. The van der Waals surface area contributed by atoms with Crippen molar-refractivity contribution in [2.24, 2.45) is 0 Å². The van der Waals surface area contributed by atoms with Crippen molar-refractivity contribution in [3.05, 3.63) is 77.4 Å². The third-order valence-corrected chi connectivity index (χ3v) is 4.30. The van der Waals surface area contributed by atoms with Crippen LogP contribution in [0.25, 0.3) is 0 Å². The number of aromatic nitrogens is 3. The van der Waals surface area contributed by atoms with Crippen molar-refractivity contribution in [2.45, 2.75) is 26.8 Å². The van der Waals surface area contributed by atoms with Crippen LogP contribution in [-0.4, -0.2) is 28.5 Å². The van der Waals surface area contributed by atoms with Gasteiger partial charge in [0.1, 0.15) is 17.5 Å². The second-order valence-corrected chi connectivity index (χ2v) is 6.52. The summed E-state index contributed by atoms with van der Waals surface area (Å²) >= 11 is 0. The van der Waals surface area contributed by atoms with Crippen molar-refractivity contribution in [2.75, 3.05) is 23.8 Å². The first-order valence-electron chi connectivity index (χ1n) is 8.85. The van der Waals surface area contributed by atoms with Crippen molar-refractivity contribution >= 4 is 11.6 Å². The minimum atomic E-state index is 0.747. The predicted molar refractivity (Wildman–Crippen MR) is 106 cm³/mol.